The molecule has 1 aliphatic rings. The molecule has 3 N–H and O–H groups in total. The van der Waals surface area contributed by atoms with Crippen LogP contribution in [-0.4, -0.2) is 41.9 Å². The summed E-state index contributed by atoms with van der Waals surface area (Å²) < 4.78 is 0. The van der Waals surface area contributed by atoms with Gasteiger partial charge in [0.1, 0.15) is 6.04 Å². The Balaban J connectivity index is 2.07. The largest absolute Gasteiger partial charge is 0.350 e. The summed E-state index contributed by atoms with van der Waals surface area (Å²) in [4.78, 5) is 35.3. The Bertz CT molecular complexity index is 689. The van der Waals surface area contributed by atoms with Crippen LogP contribution in [0.4, 0.5) is 5.69 Å². The topological polar surface area (TPSA) is 113 Å². The molecule has 1 fully saturated rings. The van der Waals surface area contributed by atoms with E-state index >= 15 is 0 Å². The molecule has 0 bridgehead atoms. The van der Waals surface area contributed by atoms with Crippen molar-refractivity contribution in [2.75, 3.05) is 13.1 Å². The molecule has 1 aromatic carbocycles. The van der Waals surface area contributed by atoms with Crippen LogP contribution >= 0.6 is 11.6 Å². The van der Waals surface area contributed by atoms with Crippen molar-refractivity contribution in [3.05, 3.63) is 38.9 Å². The highest BCUT2D eigenvalue weighted by Gasteiger charge is 2.28. The molecule has 26 heavy (non-hydrogen) atoms. The standard InChI is InChI=1S/C17H23ClN4O4/c1-10(2)15(17(24)20-11-4-3-7-19-9-11)21-16(23)13-6-5-12(22(25)26)8-14(13)18/h5-6,8,10-11,15,19H,3-4,7,9H2,1-2H3,(H,20,24)(H,21,23)/t11-,15?/m0/s1. The molecule has 0 aromatic heterocycles. The first kappa shape index (κ1) is 20.1. The Morgan fingerprint density at radius 2 is 2.12 bits per heavy atom. The van der Waals surface area contributed by atoms with E-state index in [4.69, 9.17) is 11.6 Å². The Labute approximate surface area is 156 Å². The average molecular weight is 383 g/mol. The maximum Gasteiger partial charge on any atom is 0.270 e. The number of hydrogen-bond acceptors (Lipinski definition) is 5. The molecule has 142 valence electrons. The summed E-state index contributed by atoms with van der Waals surface area (Å²) in [5, 5.41) is 19.6. The lowest BCUT2D eigenvalue weighted by Crippen LogP contribution is -2.54. The van der Waals surface area contributed by atoms with Gasteiger partial charge in [-0.1, -0.05) is 25.4 Å². The fourth-order valence-corrected chi connectivity index (χ4v) is 3.08. The quantitative estimate of drug-likeness (QED) is 0.513. The van der Waals surface area contributed by atoms with E-state index in [-0.39, 0.29) is 34.1 Å². The maximum absolute atomic E-state index is 12.6. The van der Waals surface area contributed by atoms with Gasteiger partial charge in [-0.05, 0) is 31.4 Å². The van der Waals surface area contributed by atoms with Crippen molar-refractivity contribution in [2.24, 2.45) is 5.92 Å². The summed E-state index contributed by atoms with van der Waals surface area (Å²) in [6.07, 6.45) is 1.88. The van der Waals surface area contributed by atoms with Crippen molar-refractivity contribution in [1.82, 2.24) is 16.0 Å². The van der Waals surface area contributed by atoms with Crippen molar-refractivity contribution in [1.29, 1.82) is 0 Å². The zero-order valence-corrected chi connectivity index (χ0v) is 15.5. The van der Waals surface area contributed by atoms with Gasteiger partial charge in [-0.2, -0.15) is 0 Å². The van der Waals surface area contributed by atoms with Crippen LogP contribution in [0.15, 0.2) is 18.2 Å². The van der Waals surface area contributed by atoms with Crippen LogP contribution in [0.5, 0.6) is 0 Å². The SMILES string of the molecule is CC(C)C(NC(=O)c1ccc([N+](=O)[O-])cc1Cl)C(=O)N[C@H]1CCCNC1. The van der Waals surface area contributed by atoms with Crippen LogP contribution in [0, 0.1) is 16.0 Å². The third-order valence-corrected chi connectivity index (χ3v) is 4.60. The van der Waals surface area contributed by atoms with E-state index in [0.29, 0.717) is 6.54 Å². The van der Waals surface area contributed by atoms with E-state index in [1.165, 1.54) is 12.1 Å². The zero-order valence-electron chi connectivity index (χ0n) is 14.8. The van der Waals surface area contributed by atoms with E-state index < -0.39 is 16.9 Å². The van der Waals surface area contributed by atoms with Gasteiger partial charge in [0.05, 0.1) is 15.5 Å². The summed E-state index contributed by atoms with van der Waals surface area (Å²) in [7, 11) is 0. The van der Waals surface area contributed by atoms with Crippen LogP contribution < -0.4 is 16.0 Å². The lowest BCUT2D eigenvalue weighted by atomic mass is 10.0. The van der Waals surface area contributed by atoms with Gasteiger partial charge >= 0.3 is 0 Å². The van der Waals surface area contributed by atoms with Crippen molar-refractivity contribution >= 4 is 29.1 Å². The Kier molecular flexibility index (Phi) is 6.93. The van der Waals surface area contributed by atoms with Gasteiger partial charge in [0.2, 0.25) is 5.91 Å². The van der Waals surface area contributed by atoms with Crippen LogP contribution in [0.3, 0.4) is 0 Å². The summed E-state index contributed by atoms with van der Waals surface area (Å²) in [5.41, 5.74) is -0.107. The van der Waals surface area contributed by atoms with E-state index in [1.807, 2.05) is 13.8 Å². The Morgan fingerprint density at radius 3 is 2.65 bits per heavy atom. The number of nitro benzene ring substituents is 1. The Morgan fingerprint density at radius 1 is 1.38 bits per heavy atom. The number of rotatable bonds is 6. The van der Waals surface area contributed by atoms with Gasteiger partial charge in [0, 0.05) is 24.7 Å². The highest BCUT2D eigenvalue weighted by atomic mass is 35.5. The van der Waals surface area contributed by atoms with Crippen molar-refractivity contribution in [3.8, 4) is 0 Å². The minimum atomic E-state index is -0.726. The predicted molar refractivity (Wildman–Crippen MR) is 98.2 cm³/mol. The second-order valence-corrected chi connectivity index (χ2v) is 7.08. The minimum absolute atomic E-state index is 0.0314. The van der Waals surface area contributed by atoms with Crippen LogP contribution in [0.2, 0.25) is 5.02 Å². The fourth-order valence-electron chi connectivity index (χ4n) is 2.82. The first-order valence-corrected chi connectivity index (χ1v) is 8.93. The molecule has 1 saturated heterocycles. The van der Waals surface area contributed by atoms with Gasteiger partial charge in [0.25, 0.3) is 11.6 Å². The summed E-state index contributed by atoms with van der Waals surface area (Å²) in [6.45, 7) is 5.32. The zero-order chi connectivity index (χ0) is 19.3. The molecular weight excluding hydrogens is 360 g/mol. The number of nitrogens with zero attached hydrogens (tertiary/aromatic N) is 1. The monoisotopic (exact) mass is 382 g/mol. The normalized spacial score (nSPS) is 18.2. The number of hydrogen-bond donors (Lipinski definition) is 3. The molecule has 9 heteroatoms. The smallest absolute Gasteiger partial charge is 0.270 e. The predicted octanol–water partition coefficient (Wildman–Crippen LogP) is 1.87. The van der Waals surface area contributed by atoms with E-state index in [1.54, 1.807) is 0 Å². The fraction of sp³-hybridized carbons (Fsp3) is 0.529. The summed E-state index contributed by atoms with van der Waals surface area (Å²) in [5.74, 6) is -0.923. The molecule has 2 amide bonds. The number of benzene rings is 1. The molecule has 0 saturated carbocycles. The van der Waals surface area contributed by atoms with Gasteiger partial charge in [0.15, 0.2) is 0 Å². The van der Waals surface area contributed by atoms with Gasteiger partial charge < -0.3 is 16.0 Å². The third-order valence-electron chi connectivity index (χ3n) is 4.29. The van der Waals surface area contributed by atoms with Gasteiger partial charge in [-0.25, -0.2) is 0 Å². The number of non-ortho nitro benzene ring substituents is 1. The molecule has 2 atom stereocenters. The molecule has 1 aliphatic heterocycles. The third kappa shape index (κ3) is 5.15. The van der Waals surface area contributed by atoms with Crippen molar-refractivity contribution in [2.45, 2.75) is 38.8 Å². The van der Waals surface area contributed by atoms with Crippen molar-refractivity contribution < 1.29 is 14.5 Å². The number of amides is 2. The second-order valence-electron chi connectivity index (χ2n) is 6.67. The van der Waals surface area contributed by atoms with Gasteiger partial charge in [-0.3, -0.25) is 19.7 Å². The molecule has 1 unspecified atom stereocenters. The molecule has 1 heterocycles. The highest BCUT2D eigenvalue weighted by Crippen LogP contribution is 2.22. The van der Waals surface area contributed by atoms with Crippen LogP contribution in [0.25, 0.3) is 0 Å². The second kappa shape index (κ2) is 8.95. The Hall–Kier alpha value is -2.19. The van der Waals surface area contributed by atoms with Crippen molar-refractivity contribution in [3.63, 3.8) is 0 Å². The number of carbonyl (C=O) groups is 2. The van der Waals surface area contributed by atoms with Crippen LogP contribution in [-0.2, 0) is 4.79 Å². The van der Waals surface area contributed by atoms with E-state index in [0.717, 1.165) is 25.5 Å². The number of halogens is 1. The number of nitrogens with one attached hydrogen (secondary N) is 3. The molecular formula is C17H23ClN4O4. The molecule has 8 nitrogen and oxygen atoms in total. The van der Waals surface area contributed by atoms with Gasteiger partial charge in [-0.15, -0.1) is 0 Å². The average Bonchev–Trinajstić information content (AvgIpc) is 2.59. The van der Waals surface area contributed by atoms with E-state index in [9.17, 15) is 19.7 Å². The lowest BCUT2D eigenvalue weighted by molar-refractivity contribution is -0.384. The highest BCUT2D eigenvalue weighted by molar-refractivity contribution is 6.34. The number of carbonyl (C=O) groups excluding carboxylic acids is 2. The van der Waals surface area contributed by atoms with E-state index in [2.05, 4.69) is 16.0 Å². The first-order chi connectivity index (χ1) is 12.3. The molecule has 0 spiro atoms. The molecule has 0 aliphatic carbocycles. The molecule has 2 rings (SSSR count). The molecule has 1 aromatic rings. The minimum Gasteiger partial charge on any atom is -0.350 e. The lowest BCUT2D eigenvalue weighted by Gasteiger charge is -2.28. The first-order valence-electron chi connectivity index (χ1n) is 8.55. The number of nitro groups is 1. The van der Waals surface area contributed by atoms with Crippen LogP contribution in [0.1, 0.15) is 37.0 Å². The molecule has 0 radical (unpaired) electrons. The summed E-state index contributed by atoms with van der Waals surface area (Å²) >= 11 is 5.99. The maximum atomic E-state index is 12.6. The number of piperidine rings is 1. The summed E-state index contributed by atoms with van der Waals surface area (Å²) in [6, 6.07) is 2.93.